The quantitative estimate of drug-likeness (QED) is 0.720. The zero-order valence-electron chi connectivity index (χ0n) is 9.25. The monoisotopic (exact) mass is 192 g/mol. The van der Waals surface area contributed by atoms with Crippen molar-refractivity contribution in [2.24, 2.45) is 5.92 Å². The maximum Gasteiger partial charge on any atom is 0.0319 e. The van der Waals surface area contributed by atoms with E-state index in [1.807, 2.05) is 19.2 Å². The molecule has 0 aromatic heterocycles. The van der Waals surface area contributed by atoms with Crippen LogP contribution in [0.1, 0.15) is 31.9 Å². The molecule has 78 valence electrons. The van der Waals surface area contributed by atoms with Crippen LogP contribution in [0, 0.1) is 5.92 Å². The Kier molecular flexibility index (Phi) is 3.96. The van der Waals surface area contributed by atoms with Crippen LogP contribution < -0.4 is 11.1 Å². The van der Waals surface area contributed by atoms with Gasteiger partial charge in [-0.1, -0.05) is 26.0 Å². The molecular formula is C12H20N2. The second-order valence-corrected chi connectivity index (χ2v) is 4.14. The van der Waals surface area contributed by atoms with Crippen molar-refractivity contribution in [3.05, 3.63) is 29.8 Å². The van der Waals surface area contributed by atoms with Crippen LogP contribution in [0.15, 0.2) is 24.3 Å². The lowest BCUT2D eigenvalue weighted by Crippen LogP contribution is -2.18. The number of hydrogen-bond acceptors (Lipinski definition) is 2. The third-order valence-corrected chi connectivity index (χ3v) is 2.39. The lowest BCUT2D eigenvalue weighted by molar-refractivity contribution is 0.457. The summed E-state index contributed by atoms with van der Waals surface area (Å²) in [5.41, 5.74) is 7.79. The molecule has 2 heteroatoms. The Hall–Kier alpha value is -1.02. The lowest BCUT2D eigenvalue weighted by Gasteiger charge is -2.18. The largest absolute Gasteiger partial charge is 0.399 e. The predicted octanol–water partition coefficient (Wildman–Crippen LogP) is 2.58. The average Bonchev–Trinajstić information content (AvgIpc) is 2.15. The Balaban J connectivity index is 2.73. The molecule has 0 aliphatic rings. The van der Waals surface area contributed by atoms with Crippen LogP contribution >= 0.6 is 0 Å². The molecule has 0 spiro atoms. The van der Waals surface area contributed by atoms with Gasteiger partial charge in [0.1, 0.15) is 0 Å². The minimum Gasteiger partial charge on any atom is -0.399 e. The Labute approximate surface area is 86.5 Å². The minimum atomic E-state index is 0.440. The van der Waals surface area contributed by atoms with Crippen molar-refractivity contribution in [1.82, 2.24) is 5.32 Å². The fourth-order valence-electron chi connectivity index (χ4n) is 1.62. The normalized spacial score (nSPS) is 13.1. The highest BCUT2D eigenvalue weighted by Gasteiger charge is 2.10. The second kappa shape index (κ2) is 5.01. The zero-order valence-corrected chi connectivity index (χ0v) is 9.25. The summed E-state index contributed by atoms with van der Waals surface area (Å²) in [6.45, 7) is 4.48. The first kappa shape index (κ1) is 11.1. The molecule has 0 saturated carbocycles. The molecule has 0 heterocycles. The van der Waals surface area contributed by atoms with Crippen molar-refractivity contribution < 1.29 is 0 Å². The summed E-state index contributed by atoms with van der Waals surface area (Å²) in [6, 6.07) is 8.55. The maximum atomic E-state index is 5.65. The van der Waals surface area contributed by atoms with E-state index in [0.717, 1.165) is 12.1 Å². The molecule has 0 bridgehead atoms. The van der Waals surface area contributed by atoms with Crippen molar-refractivity contribution in [1.29, 1.82) is 0 Å². The summed E-state index contributed by atoms with van der Waals surface area (Å²) in [5.74, 6) is 0.699. The van der Waals surface area contributed by atoms with Gasteiger partial charge in [-0.25, -0.2) is 0 Å². The molecule has 2 nitrogen and oxygen atoms in total. The highest BCUT2D eigenvalue weighted by Crippen LogP contribution is 2.21. The molecule has 14 heavy (non-hydrogen) atoms. The zero-order chi connectivity index (χ0) is 10.6. The molecule has 1 aromatic carbocycles. The molecule has 0 saturated heterocycles. The van der Waals surface area contributed by atoms with Gasteiger partial charge in [0, 0.05) is 11.7 Å². The van der Waals surface area contributed by atoms with E-state index in [0.29, 0.717) is 12.0 Å². The van der Waals surface area contributed by atoms with E-state index >= 15 is 0 Å². The van der Waals surface area contributed by atoms with Crippen LogP contribution in [0.3, 0.4) is 0 Å². The maximum absolute atomic E-state index is 5.65. The second-order valence-electron chi connectivity index (χ2n) is 4.14. The van der Waals surface area contributed by atoms with Gasteiger partial charge in [0.05, 0.1) is 0 Å². The summed E-state index contributed by atoms with van der Waals surface area (Å²) in [4.78, 5) is 0. The molecule has 0 aliphatic heterocycles. The van der Waals surface area contributed by atoms with Gasteiger partial charge in [0.25, 0.3) is 0 Å². The number of nitrogens with one attached hydrogen (secondary N) is 1. The van der Waals surface area contributed by atoms with Crippen molar-refractivity contribution in [2.75, 3.05) is 12.8 Å². The van der Waals surface area contributed by atoms with Gasteiger partial charge in [0.2, 0.25) is 0 Å². The highest BCUT2D eigenvalue weighted by atomic mass is 14.9. The first-order valence-corrected chi connectivity index (χ1v) is 5.16. The minimum absolute atomic E-state index is 0.440. The van der Waals surface area contributed by atoms with Gasteiger partial charge in [-0.05, 0) is 37.1 Å². The molecule has 0 radical (unpaired) electrons. The molecular weight excluding hydrogens is 172 g/mol. The van der Waals surface area contributed by atoms with Crippen LogP contribution in [-0.4, -0.2) is 7.05 Å². The van der Waals surface area contributed by atoms with Crippen molar-refractivity contribution >= 4 is 5.69 Å². The van der Waals surface area contributed by atoms with Gasteiger partial charge in [-0.3, -0.25) is 0 Å². The Morgan fingerprint density at radius 2 is 1.79 bits per heavy atom. The van der Waals surface area contributed by atoms with Crippen molar-refractivity contribution in [3.63, 3.8) is 0 Å². The molecule has 1 atom stereocenters. The third-order valence-electron chi connectivity index (χ3n) is 2.39. The summed E-state index contributed by atoms with van der Waals surface area (Å²) in [6.07, 6.45) is 1.15. The van der Waals surface area contributed by atoms with Crippen LogP contribution in [0.4, 0.5) is 5.69 Å². The van der Waals surface area contributed by atoms with E-state index in [2.05, 4.69) is 31.3 Å². The van der Waals surface area contributed by atoms with Gasteiger partial charge >= 0.3 is 0 Å². The van der Waals surface area contributed by atoms with Crippen LogP contribution in [0.5, 0.6) is 0 Å². The van der Waals surface area contributed by atoms with Crippen LogP contribution in [0.2, 0.25) is 0 Å². The predicted molar refractivity (Wildman–Crippen MR) is 62.1 cm³/mol. The Morgan fingerprint density at radius 1 is 1.21 bits per heavy atom. The number of nitrogen functional groups attached to an aromatic ring is 1. The third kappa shape index (κ3) is 3.04. The number of rotatable bonds is 4. The van der Waals surface area contributed by atoms with E-state index in [1.54, 1.807) is 0 Å². The molecule has 0 fully saturated rings. The standard InChI is InChI=1S/C12H20N2/c1-9(2)8-12(14-3)10-4-6-11(13)7-5-10/h4-7,9,12,14H,8,13H2,1-3H3. The van der Waals surface area contributed by atoms with E-state index in [-0.39, 0.29) is 0 Å². The smallest absolute Gasteiger partial charge is 0.0319 e. The van der Waals surface area contributed by atoms with Crippen molar-refractivity contribution in [3.8, 4) is 0 Å². The first-order chi connectivity index (χ1) is 6.63. The summed E-state index contributed by atoms with van der Waals surface area (Å²) < 4.78 is 0. The lowest BCUT2D eigenvalue weighted by atomic mass is 9.97. The molecule has 1 unspecified atom stereocenters. The first-order valence-electron chi connectivity index (χ1n) is 5.16. The molecule has 1 aromatic rings. The average molecular weight is 192 g/mol. The topological polar surface area (TPSA) is 38.0 Å². The van der Waals surface area contributed by atoms with Crippen molar-refractivity contribution in [2.45, 2.75) is 26.3 Å². The Morgan fingerprint density at radius 3 is 2.21 bits per heavy atom. The number of nitrogens with two attached hydrogens (primary N) is 1. The fraction of sp³-hybridized carbons (Fsp3) is 0.500. The summed E-state index contributed by atoms with van der Waals surface area (Å²) in [7, 11) is 2.00. The summed E-state index contributed by atoms with van der Waals surface area (Å²) >= 11 is 0. The van der Waals surface area contributed by atoms with Crippen LogP contribution in [0.25, 0.3) is 0 Å². The number of anilines is 1. The highest BCUT2D eigenvalue weighted by molar-refractivity contribution is 5.40. The van der Waals surface area contributed by atoms with Gasteiger partial charge < -0.3 is 11.1 Å². The number of hydrogen-bond donors (Lipinski definition) is 2. The molecule has 0 aliphatic carbocycles. The fourth-order valence-corrected chi connectivity index (χ4v) is 1.62. The van der Waals surface area contributed by atoms with E-state index in [1.165, 1.54) is 5.56 Å². The van der Waals surface area contributed by atoms with Crippen LogP contribution in [-0.2, 0) is 0 Å². The van der Waals surface area contributed by atoms with Gasteiger partial charge in [-0.2, -0.15) is 0 Å². The van der Waals surface area contributed by atoms with E-state index in [4.69, 9.17) is 5.73 Å². The molecule has 0 amide bonds. The Bertz CT molecular complexity index is 264. The number of benzene rings is 1. The summed E-state index contributed by atoms with van der Waals surface area (Å²) in [5, 5.41) is 3.33. The SMILES string of the molecule is CNC(CC(C)C)c1ccc(N)cc1. The van der Waals surface area contributed by atoms with E-state index in [9.17, 15) is 0 Å². The van der Waals surface area contributed by atoms with E-state index < -0.39 is 0 Å². The van der Waals surface area contributed by atoms with Gasteiger partial charge in [-0.15, -0.1) is 0 Å². The molecule has 3 N–H and O–H groups in total. The molecule has 1 rings (SSSR count). The van der Waals surface area contributed by atoms with Gasteiger partial charge in [0.15, 0.2) is 0 Å².